The van der Waals surface area contributed by atoms with E-state index in [-0.39, 0.29) is 11.9 Å². The minimum atomic E-state index is -1.12. The van der Waals surface area contributed by atoms with Gasteiger partial charge in [0.15, 0.2) is 11.3 Å². The predicted octanol–water partition coefficient (Wildman–Crippen LogP) is 4.96. The Labute approximate surface area is 206 Å². The summed E-state index contributed by atoms with van der Waals surface area (Å²) in [5.41, 5.74) is 3.47. The topological polar surface area (TPSA) is 107 Å². The molecule has 0 aliphatic carbocycles. The molecule has 0 aliphatic heterocycles. The van der Waals surface area contributed by atoms with Crippen LogP contribution in [0, 0.1) is 0 Å². The summed E-state index contributed by atoms with van der Waals surface area (Å²) in [5, 5.41) is 6.28. The number of fused-ring (bicyclic) bond motifs is 1. The molecule has 0 saturated carbocycles. The molecule has 182 valence electrons. The standard InChI is InChI=1S/C25H31N7O2Si/c1-18(19-7-5-9-21(13-19)30-25(33)20-8-6-10-26-14-20)29-22-15-27-24-23(31-22)28-16-32(24)17-34-11-12-35(2,3)4/h5-10,13-16,18H,11-12,17H2,1-4H3,(H,29,31)(H,30,33)/t18-/m0/s1. The van der Waals surface area contributed by atoms with Gasteiger partial charge < -0.3 is 15.4 Å². The highest BCUT2D eigenvalue weighted by molar-refractivity contribution is 6.76. The van der Waals surface area contributed by atoms with Gasteiger partial charge in [-0.1, -0.05) is 31.8 Å². The van der Waals surface area contributed by atoms with Crippen LogP contribution in [0.1, 0.15) is 28.9 Å². The summed E-state index contributed by atoms with van der Waals surface area (Å²) < 4.78 is 7.69. The first-order valence-electron chi connectivity index (χ1n) is 11.6. The molecular weight excluding hydrogens is 458 g/mol. The first-order chi connectivity index (χ1) is 16.8. The van der Waals surface area contributed by atoms with Crippen molar-refractivity contribution in [3.8, 4) is 0 Å². The molecule has 0 aliphatic rings. The van der Waals surface area contributed by atoms with Gasteiger partial charge in [0.1, 0.15) is 18.9 Å². The third-order valence-corrected chi connectivity index (χ3v) is 7.19. The molecule has 1 aromatic carbocycles. The monoisotopic (exact) mass is 489 g/mol. The van der Waals surface area contributed by atoms with E-state index in [1.54, 1.807) is 37.1 Å². The maximum absolute atomic E-state index is 12.4. The van der Waals surface area contributed by atoms with Crippen LogP contribution >= 0.6 is 0 Å². The number of hydrogen-bond acceptors (Lipinski definition) is 7. The van der Waals surface area contributed by atoms with E-state index in [1.807, 2.05) is 35.8 Å². The minimum absolute atomic E-state index is 0.0658. The van der Waals surface area contributed by atoms with Crippen LogP contribution < -0.4 is 10.6 Å². The Morgan fingerprint density at radius 3 is 2.77 bits per heavy atom. The molecule has 1 amide bonds. The van der Waals surface area contributed by atoms with Gasteiger partial charge in [0.05, 0.1) is 17.8 Å². The zero-order chi connectivity index (χ0) is 24.8. The number of carbonyl (C=O) groups is 1. The number of amides is 1. The molecule has 0 spiro atoms. The lowest BCUT2D eigenvalue weighted by atomic mass is 10.1. The number of nitrogens with one attached hydrogen (secondary N) is 2. The van der Waals surface area contributed by atoms with Crippen LogP contribution in [-0.4, -0.2) is 45.1 Å². The number of hydrogen-bond donors (Lipinski definition) is 2. The van der Waals surface area contributed by atoms with Gasteiger partial charge >= 0.3 is 0 Å². The van der Waals surface area contributed by atoms with Crippen molar-refractivity contribution in [2.75, 3.05) is 17.2 Å². The smallest absolute Gasteiger partial charge is 0.257 e. The number of nitrogens with zero attached hydrogens (tertiary/aromatic N) is 5. The fraction of sp³-hybridized carbons (Fsp3) is 0.320. The summed E-state index contributed by atoms with van der Waals surface area (Å²) in [6.45, 7) is 10.2. The molecule has 4 aromatic rings. The van der Waals surface area contributed by atoms with Gasteiger partial charge in [0.25, 0.3) is 5.91 Å². The van der Waals surface area contributed by atoms with Crippen LogP contribution in [0.4, 0.5) is 11.5 Å². The molecule has 0 saturated heterocycles. The zero-order valence-corrected chi connectivity index (χ0v) is 21.5. The fourth-order valence-electron chi connectivity index (χ4n) is 3.44. The molecular formula is C25H31N7O2Si. The number of aromatic nitrogens is 5. The van der Waals surface area contributed by atoms with Gasteiger partial charge in [-0.15, -0.1) is 0 Å². The molecule has 0 radical (unpaired) electrons. The summed E-state index contributed by atoms with van der Waals surface area (Å²) in [6, 6.07) is 12.2. The number of benzene rings is 1. The Morgan fingerprint density at radius 1 is 1.14 bits per heavy atom. The van der Waals surface area contributed by atoms with Crippen molar-refractivity contribution in [2.24, 2.45) is 0 Å². The maximum atomic E-state index is 12.4. The van der Waals surface area contributed by atoms with E-state index in [9.17, 15) is 4.79 Å². The Balaban J connectivity index is 1.38. The SMILES string of the molecule is C[C@H](Nc1cnc2c(ncn2COCC[Si](C)(C)C)n1)c1cccc(NC(=O)c2cccnc2)c1. The highest BCUT2D eigenvalue weighted by Crippen LogP contribution is 2.22. The number of carbonyl (C=O) groups excluding carboxylic acids is 1. The normalized spacial score (nSPS) is 12.5. The molecule has 0 unspecified atom stereocenters. The number of imidazole rings is 1. The highest BCUT2D eigenvalue weighted by atomic mass is 28.3. The first kappa shape index (κ1) is 24.5. The largest absolute Gasteiger partial charge is 0.362 e. The maximum Gasteiger partial charge on any atom is 0.257 e. The molecule has 2 N–H and O–H groups in total. The summed E-state index contributed by atoms with van der Waals surface area (Å²) in [6.07, 6.45) is 6.59. The van der Waals surface area contributed by atoms with Crippen molar-refractivity contribution in [2.45, 2.75) is 45.4 Å². The lowest BCUT2D eigenvalue weighted by molar-refractivity contribution is 0.0895. The van der Waals surface area contributed by atoms with Gasteiger partial charge in [-0.3, -0.25) is 14.3 Å². The Bertz CT molecular complexity index is 1290. The van der Waals surface area contributed by atoms with E-state index in [1.165, 1.54) is 0 Å². The summed E-state index contributed by atoms with van der Waals surface area (Å²) in [5.74, 6) is 0.423. The molecule has 3 heterocycles. The van der Waals surface area contributed by atoms with E-state index in [0.29, 0.717) is 35.1 Å². The number of ether oxygens (including phenoxy) is 1. The van der Waals surface area contributed by atoms with Crippen molar-refractivity contribution >= 4 is 36.8 Å². The quantitative estimate of drug-likeness (QED) is 0.239. The van der Waals surface area contributed by atoms with Gasteiger partial charge in [-0.25, -0.2) is 15.0 Å². The van der Waals surface area contributed by atoms with Crippen LogP contribution in [0.2, 0.25) is 25.7 Å². The van der Waals surface area contributed by atoms with Crippen LogP contribution in [0.5, 0.6) is 0 Å². The van der Waals surface area contributed by atoms with Crippen molar-refractivity contribution in [1.29, 1.82) is 0 Å². The third-order valence-electron chi connectivity index (χ3n) is 5.49. The number of rotatable bonds is 10. The molecule has 0 fully saturated rings. The molecule has 35 heavy (non-hydrogen) atoms. The summed E-state index contributed by atoms with van der Waals surface area (Å²) >= 11 is 0. The van der Waals surface area contributed by atoms with E-state index >= 15 is 0 Å². The van der Waals surface area contributed by atoms with E-state index < -0.39 is 8.07 Å². The van der Waals surface area contributed by atoms with Crippen LogP contribution in [0.25, 0.3) is 11.3 Å². The molecule has 10 heteroatoms. The van der Waals surface area contributed by atoms with Crippen LogP contribution in [0.3, 0.4) is 0 Å². The summed E-state index contributed by atoms with van der Waals surface area (Å²) in [4.78, 5) is 30.0. The van der Waals surface area contributed by atoms with Crippen molar-refractivity contribution in [3.05, 3.63) is 72.4 Å². The van der Waals surface area contributed by atoms with Gasteiger partial charge in [-0.2, -0.15) is 0 Å². The van der Waals surface area contributed by atoms with Crippen molar-refractivity contribution in [1.82, 2.24) is 24.5 Å². The second-order valence-electron chi connectivity index (χ2n) is 9.65. The van der Waals surface area contributed by atoms with Crippen LogP contribution in [0.15, 0.2) is 61.3 Å². The van der Waals surface area contributed by atoms with Gasteiger partial charge in [0, 0.05) is 32.8 Å². The molecule has 4 rings (SSSR count). The van der Waals surface area contributed by atoms with Crippen molar-refractivity contribution < 1.29 is 9.53 Å². The van der Waals surface area contributed by atoms with E-state index in [0.717, 1.165) is 18.2 Å². The minimum Gasteiger partial charge on any atom is -0.362 e. The predicted molar refractivity (Wildman–Crippen MR) is 140 cm³/mol. The molecule has 9 nitrogen and oxygen atoms in total. The third kappa shape index (κ3) is 6.71. The second kappa shape index (κ2) is 10.7. The highest BCUT2D eigenvalue weighted by Gasteiger charge is 2.14. The Hall–Kier alpha value is -3.63. The Morgan fingerprint density at radius 2 is 2.00 bits per heavy atom. The fourth-order valence-corrected chi connectivity index (χ4v) is 4.19. The Kier molecular flexibility index (Phi) is 7.52. The molecule has 0 bridgehead atoms. The van der Waals surface area contributed by atoms with Crippen LogP contribution in [-0.2, 0) is 11.5 Å². The van der Waals surface area contributed by atoms with E-state index in [4.69, 9.17) is 4.74 Å². The van der Waals surface area contributed by atoms with E-state index in [2.05, 4.69) is 50.2 Å². The molecule has 3 aromatic heterocycles. The van der Waals surface area contributed by atoms with Gasteiger partial charge in [-0.05, 0) is 42.8 Å². The first-order valence-corrected chi connectivity index (χ1v) is 15.3. The number of anilines is 2. The average Bonchev–Trinajstić information content (AvgIpc) is 3.24. The molecule has 1 atom stereocenters. The van der Waals surface area contributed by atoms with Gasteiger partial charge in [0.2, 0.25) is 0 Å². The lowest BCUT2D eigenvalue weighted by Gasteiger charge is -2.16. The lowest BCUT2D eigenvalue weighted by Crippen LogP contribution is -2.22. The second-order valence-corrected chi connectivity index (χ2v) is 15.3. The summed E-state index contributed by atoms with van der Waals surface area (Å²) in [7, 11) is -1.12. The number of pyridine rings is 1. The zero-order valence-electron chi connectivity index (χ0n) is 20.5. The average molecular weight is 490 g/mol. The van der Waals surface area contributed by atoms with Crippen molar-refractivity contribution in [3.63, 3.8) is 0 Å².